The van der Waals surface area contributed by atoms with Gasteiger partial charge in [-0.2, -0.15) is 13.9 Å². The van der Waals surface area contributed by atoms with Crippen LogP contribution in [0.1, 0.15) is 19.9 Å². The number of carbonyl (C=O) groups excluding carboxylic acids is 1. The van der Waals surface area contributed by atoms with E-state index in [1.807, 2.05) is 0 Å². The van der Waals surface area contributed by atoms with E-state index in [4.69, 9.17) is 4.74 Å². The molecule has 2 aromatic rings. The van der Waals surface area contributed by atoms with Gasteiger partial charge in [0.05, 0.1) is 17.3 Å². The second-order valence-corrected chi connectivity index (χ2v) is 5.69. The van der Waals surface area contributed by atoms with Crippen molar-refractivity contribution in [2.75, 3.05) is 11.9 Å². The van der Waals surface area contributed by atoms with Gasteiger partial charge in [0.2, 0.25) is 5.91 Å². The number of alkyl halides is 2. The van der Waals surface area contributed by atoms with Crippen LogP contribution in [0.3, 0.4) is 0 Å². The lowest BCUT2D eigenvalue weighted by Gasteiger charge is -2.15. The Morgan fingerprint density at radius 2 is 2.17 bits per heavy atom. The molecular weight excluding hydrogens is 388 g/mol. The molecule has 9 heteroatoms. The first-order chi connectivity index (χ1) is 11.4. The second kappa shape index (κ2) is 8.09. The van der Waals surface area contributed by atoms with E-state index in [-0.39, 0.29) is 24.0 Å². The van der Waals surface area contributed by atoms with E-state index < -0.39 is 12.7 Å². The molecule has 2 rings (SSSR count). The Balaban J connectivity index is 2.13. The minimum atomic E-state index is -2.96. The van der Waals surface area contributed by atoms with Gasteiger partial charge >= 0.3 is 6.61 Å². The van der Waals surface area contributed by atoms with E-state index >= 15 is 0 Å². The van der Waals surface area contributed by atoms with Gasteiger partial charge in [-0.25, -0.2) is 0 Å². The Kier molecular flexibility index (Phi) is 6.13. The van der Waals surface area contributed by atoms with Crippen molar-refractivity contribution in [2.24, 2.45) is 0 Å². The fraction of sp³-hybridized carbons (Fsp3) is 0.333. The smallest absolute Gasteiger partial charge is 0.387 e. The Labute approximate surface area is 145 Å². The molecule has 6 nitrogen and oxygen atoms in total. The SMILES string of the molecule is CCOc1cc(NC(=O)C(C)n2cc(Br)cn2)ccc1OC(F)F. The Morgan fingerprint density at radius 1 is 1.42 bits per heavy atom. The zero-order chi connectivity index (χ0) is 17.7. The third-order valence-electron chi connectivity index (χ3n) is 3.07. The highest BCUT2D eigenvalue weighted by atomic mass is 79.9. The Bertz CT molecular complexity index is 709. The number of hydrogen-bond acceptors (Lipinski definition) is 4. The number of ether oxygens (including phenoxy) is 2. The van der Waals surface area contributed by atoms with E-state index in [0.717, 1.165) is 4.47 Å². The summed E-state index contributed by atoms with van der Waals surface area (Å²) in [4.78, 5) is 12.3. The van der Waals surface area contributed by atoms with E-state index in [2.05, 4.69) is 31.1 Å². The van der Waals surface area contributed by atoms with Crippen molar-refractivity contribution in [1.82, 2.24) is 9.78 Å². The minimum Gasteiger partial charge on any atom is -0.490 e. The van der Waals surface area contributed by atoms with Crippen LogP contribution in [0.2, 0.25) is 0 Å². The molecule has 0 saturated heterocycles. The van der Waals surface area contributed by atoms with E-state index in [0.29, 0.717) is 5.69 Å². The molecule has 1 unspecified atom stereocenters. The van der Waals surface area contributed by atoms with Gasteiger partial charge in [-0.05, 0) is 41.9 Å². The lowest BCUT2D eigenvalue weighted by molar-refractivity contribution is -0.119. The highest BCUT2D eigenvalue weighted by Crippen LogP contribution is 2.32. The summed E-state index contributed by atoms with van der Waals surface area (Å²) in [6, 6.07) is 3.67. The van der Waals surface area contributed by atoms with Crippen molar-refractivity contribution in [3.63, 3.8) is 0 Å². The summed E-state index contributed by atoms with van der Waals surface area (Å²) in [6.07, 6.45) is 3.25. The van der Waals surface area contributed by atoms with Crippen molar-refractivity contribution < 1.29 is 23.0 Å². The summed E-state index contributed by atoms with van der Waals surface area (Å²) >= 11 is 3.26. The van der Waals surface area contributed by atoms with Crippen LogP contribution in [0.4, 0.5) is 14.5 Å². The van der Waals surface area contributed by atoms with Crippen LogP contribution in [0.25, 0.3) is 0 Å². The molecule has 1 atom stereocenters. The van der Waals surface area contributed by atoms with Crippen LogP contribution >= 0.6 is 15.9 Å². The summed E-state index contributed by atoms with van der Waals surface area (Å²) in [5.74, 6) is -0.269. The Hall–Kier alpha value is -2.16. The number of rotatable bonds is 7. The molecule has 0 fully saturated rings. The summed E-state index contributed by atoms with van der Waals surface area (Å²) < 4.78 is 36.7. The minimum absolute atomic E-state index is 0.0890. The topological polar surface area (TPSA) is 65.4 Å². The molecule has 0 saturated carbocycles. The van der Waals surface area contributed by atoms with Crippen molar-refractivity contribution in [1.29, 1.82) is 0 Å². The van der Waals surface area contributed by atoms with E-state index in [1.54, 1.807) is 26.2 Å². The number of nitrogens with one attached hydrogen (secondary N) is 1. The van der Waals surface area contributed by atoms with Gasteiger partial charge in [-0.15, -0.1) is 0 Å². The summed E-state index contributed by atoms with van der Waals surface area (Å²) in [7, 11) is 0. The summed E-state index contributed by atoms with van der Waals surface area (Å²) in [5.41, 5.74) is 0.406. The summed E-state index contributed by atoms with van der Waals surface area (Å²) in [6.45, 7) is 0.721. The largest absolute Gasteiger partial charge is 0.490 e. The van der Waals surface area contributed by atoms with Crippen LogP contribution < -0.4 is 14.8 Å². The fourth-order valence-corrected chi connectivity index (χ4v) is 2.24. The highest BCUT2D eigenvalue weighted by Gasteiger charge is 2.17. The molecule has 0 aliphatic heterocycles. The molecule has 1 N–H and O–H groups in total. The molecule has 0 aliphatic carbocycles. The van der Waals surface area contributed by atoms with Gasteiger partial charge in [-0.1, -0.05) is 0 Å². The highest BCUT2D eigenvalue weighted by molar-refractivity contribution is 9.10. The first kappa shape index (κ1) is 18.2. The monoisotopic (exact) mass is 403 g/mol. The number of benzene rings is 1. The van der Waals surface area contributed by atoms with E-state index in [9.17, 15) is 13.6 Å². The predicted octanol–water partition coefficient (Wildman–Crippen LogP) is 3.85. The number of amides is 1. The van der Waals surface area contributed by atoms with Crippen molar-refractivity contribution in [3.8, 4) is 11.5 Å². The molecule has 0 radical (unpaired) electrons. The maximum atomic E-state index is 12.4. The average molecular weight is 404 g/mol. The van der Waals surface area contributed by atoms with Crippen LogP contribution in [0.5, 0.6) is 11.5 Å². The number of hydrogen-bond donors (Lipinski definition) is 1. The van der Waals surface area contributed by atoms with Crippen molar-refractivity contribution in [2.45, 2.75) is 26.5 Å². The lowest BCUT2D eigenvalue weighted by Crippen LogP contribution is -2.24. The molecular formula is C15H16BrF2N3O3. The average Bonchev–Trinajstić information content (AvgIpc) is 2.95. The molecule has 1 aromatic heterocycles. The Morgan fingerprint density at radius 3 is 2.75 bits per heavy atom. The molecule has 130 valence electrons. The summed E-state index contributed by atoms with van der Waals surface area (Å²) in [5, 5.41) is 6.74. The molecule has 1 aromatic carbocycles. The van der Waals surface area contributed by atoms with Crippen LogP contribution in [-0.4, -0.2) is 28.9 Å². The fourth-order valence-electron chi connectivity index (χ4n) is 1.94. The lowest BCUT2D eigenvalue weighted by atomic mass is 10.2. The molecule has 0 aliphatic rings. The molecule has 0 spiro atoms. The molecule has 0 bridgehead atoms. The van der Waals surface area contributed by atoms with Gasteiger partial charge in [-0.3, -0.25) is 9.48 Å². The maximum absolute atomic E-state index is 12.4. The van der Waals surface area contributed by atoms with Crippen molar-refractivity contribution in [3.05, 3.63) is 35.1 Å². The molecule has 1 amide bonds. The third kappa shape index (κ3) is 4.67. The van der Waals surface area contributed by atoms with Gasteiger partial charge in [0.15, 0.2) is 11.5 Å². The standard InChI is InChI=1S/C15H16BrF2N3O3/c1-3-23-13-6-11(4-5-12(13)24-15(17)18)20-14(22)9(2)21-8-10(16)7-19-21/h4-9,15H,3H2,1-2H3,(H,20,22). The first-order valence-electron chi connectivity index (χ1n) is 7.13. The third-order valence-corrected chi connectivity index (χ3v) is 3.48. The van der Waals surface area contributed by atoms with Gasteiger partial charge in [0.1, 0.15) is 6.04 Å². The second-order valence-electron chi connectivity index (χ2n) is 4.78. The normalized spacial score (nSPS) is 12.1. The van der Waals surface area contributed by atoms with Crippen LogP contribution in [0.15, 0.2) is 35.1 Å². The number of nitrogens with zero attached hydrogens (tertiary/aromatic N) is 2. The number of aromatic nitrogens is 2. The van der Waals surface area contributed by atoms with Crippen LogP contribution in [-0.2, 0) is 4.79 Å². The molecule has 24 heavy (non-hydrogen) atoms. The van der Waals surface area contributed by atoms with Crippen molar-refractivity contribution >= 4 is 27.5 Å². The van der Waals surface area contributed by atoms with Gasteiger partial charge in [0.25, 0.3) is 0 Å². The number of halogens is 3. The van der Waals surface area contributed by atoms with Gasteiger partial charge in [0, 0.05) is 18.0 Å². The first-order valence-corrected chi connectivity index (χ1v) is 7.92. The molecule has 1 heterocycles. The zero-order valence-corrected chi connectivity index (χ0v) is 14.6. The van der Waals surface area contributed by atoms with Crippen LogP contribution in [0, 0.1) is 0 Å². The predicted molar refractivity (Wildman–Crippen MR) is 87.5 cm³/mol. The quantitative estimate of drug-likeness (QED) is 0.762. The van der Waals surface area contributed by atoms with Gasteiger partial charge < -0.3 is 14.8 Å². The van der Waals surface area contributed by atoms with E-state index in [1.165, 1.54) is 22.9 Å². The zero-order valence-electron chi connectivity index (χ0n) is 13.0. The number of anilines is 1. The maximum Gasteiger partial charge on any atom is 0.387 e. The number of carbonyl (C=O) groups is 1.